The molecule has 0 aliphatic carbocycles. The molecule has 3 rings (SSSR count). The van der Waals surface area contributed by atoms with Crippen molar-refractivity contribution in [3.8, 4) is 17.7 Å². The molecule has 2 N–H and O–H groups in total. The third-order valence-electron chi connectivity index (χ3n) is 3.96. The van der Waals surface area contributed by atoms with Crippen molar-refractivity contribution in [3.05, 3.63) is 75.2 Å². The van der Waals surface area contributed by atoms with Crippen LogP contribution >= 0.6 is 0 Å². The van der Waals surface area contributed by atoms with Crippen LogP contribution < -0.4 is 16.0 Å². The van der Waals surface area contributed by atoms with Crippen molar-refractivity contribution in [2.75, 3.05) is 0 Å². The van der Waals surface area contributed by atoms with E-state index in [1.807, 2.05) is 32.0 Å². The van der Waals surface area contributed by atoms with E-state index in [2.05, 4.69) is 4.98 Å². The van der Waals surface area contributed by atoms with Gasteiger partial charge in [-0.3, -0.25) is 14.0 Å². The zero-order chi connectivity index (χ0) is 19.6. The van der Waals surface area contributed by atoms with Gasteiger partial charge in [-0.2, -0.15) is 10.2 Å². The highest BCUT2D eigenvalue weighted by molar-refractivity contribution is 6.00. The van der Waals surface area contributed by atoms with Crippen molar-refractivity contribution in [1.82, 2.24) is 9.38 Å². The van der Waals surface area contributed by atoms with Crippen LogP contribution in [0, 0.1) is 25.2 Å². The number of benzene rings is 1. The number of primary amides is 1. The van der Waals surface area contributed by atoms with Crippen LogP contribution in [0.4, 0.5) is 0 Å². The third-order valence-corrected chi connectivity index (χ3v) is 3.96. The van der Waals surface area contributed by atoms with Gasteiger partial charge >= 0.3 is 0 Å². The normalized spacial score (nSPS) is 11.2. The molecule has 2 heterocycles. The van der Waals surface area contributed by atoms with Crippen LogP contribution in [-0.4, -0.2) is 15.3 Å². The summed E-state index contributed by atoms with van der Waals surface area (Å²) in [5, 5.41) is 9.13. The highest BCUT2D eigenvalue weighted by atomic mass is 16.5. The number of fused-ring (bicyclic) bond motifs is 1. The largest absolute Gasteiger partial charge is 0.438 e. The van der Waals surface area contributed by atoms with E-state index < -0.39 is 11.5 Å². The van der Waals surface area contributed by atoms with Crippen LogP contribution in [0.1, 0.15) is 16.7 Å². The van der Waals surface area contributed by atoms with Gasteiger partial charge in [0.2, 0.25) is 5.88 Å². The summed E-state index contributed by atoms with van der Waals surface area (Å²) < 4.78 is 7.14. The Kier molecular flexibility index (Phi) is 4.73. The number of nitriles is 1. The second kappa shape index (κ2) is 7.14. The van der Waals surface area contributed by atoms with Crippen LogP contribution in [-0.2, 0) is 4.79 Å². The van der Waals surface area contributed by atoms with Crippen molar-refractivity contribution in [2.45, 2.75) is 13.8 Å². The average molecular weight is 360 g/mol. The highest BCUT2D eigenvalue weighted by Crippen LogP contribution is 2.24. The summed E-state index contributed by atoms with van der Waals surface area (Å²) in [6, 6.07) is 12.4. The quantitative estimate of drug-likeness (QED) is 0.568. The van der Waals surface area contributed by atoms with Crippen molar-refractivity contribution in [1.29, 1.82) is 5.26 Å². The molecular weight excluding hydrogens is 344 g/mol. The molecule has 7 nitrogen and oxygen atoms in total. The van der Waals surface area contributed by atoms with Gasteiger partial charge in [0.25, 0.3) is 11.5 Å². The van der Waals surface area contributed by atoms with E-state index in [4.69, 9.17) is 15.7 Å². The summed E-state index contributed by atoms with van der Waals surface area (Å²) >= 11 is 0. The molecule has 0 atom stereocenters. The number of rotatable bonds is 4. The Labute approximate surface area is 155 Å². The molecule has 0 radical (unpaired) electrons. The molecule has 0 spiro atoms. The predicted octanol–water partition coefficient (Wildman–Crippen LogP) is 2.50. The number of ether oxygens (including phenoxy) is 1. The maximum atomic E-state index is 13.0. The zero-order valence-electron chi connectivity index (χ0n) is 14.8. The number of aromatic nitrogens is 2. The van der Waals surface area contributed by atoms with Crippen LogP contribution in [0.5, 0.6) is 11.6 Å². The SMILES string of the molecule is Cc1ccc(Oc2nc3c(C)cccn3c(=O)c2/C=C(\C#N)C(N)=O)cc1. The summed E-state index contributed by atoms with van der Waals surface area (Å²) in [6.45, 7) is 3.76. The summed E-state index contributed by atoms with van der Waals surface area (Å²) in [5.74, 6) is -0.475. The number of nitrogens with zero attached hydrogens (tertiary/aromatic N) is 3. The van der Waals surface area contributed by atoms with Gasteiger partial charge < -0.3 is 10.5 Å². The number of carbonyl (C=O) groups is 1. The molecule has 0 unspecified atom stereocenters. The van der Waals surface area contributed by atoms with E-state index in [0.717, 1.165) is 17.2 Å². The predicted molar refractivity (Wildman–Crippen MR) is 100 cm³/mol. The average Bonchev–Trinajstić information content (AvgIpc) is 2.64. The van der Waals surface area contributed by atoms with E-state index >= 15 is 0 Å². The van der Waals surface area contributed by atoms with E-state index in [1.165, 1.54) is 4.40 Å². The maximum Gasteiger partial charge on any atom is 0.269 e. The lowest BCUT2D eigenvalue weighted by molar-refractivity contribution is -0.114. The number of pyridine rings is 1. The smallest absolute Gasteiger partial charge is 0.269 e. The summed E-state index contributed by atoms with van der Waals surface area (Å²) in [4.78, 5) is 28.8. The number of carbonyl (C=O) groups excluding carboxylic acids is 1. The van der Waals surface area contributed by atoms with Crippen LogP contribution in [0.3, 0.4) is 0 Å². The summed E-state index contributed by atoms with van der Waals surface area (Å²) in [5.41, 5.74) is 6.57. The van der Waals surface area contributed by atoms with Crippen LogP contribution in [0.15, 0.2) is 53.0 Å². The Bertz CT molecular complexity index is 1170. The van der Waals surface area contributed by atoms with Gasteiger partial charge in [0.05, 0.1) is 0 Å². The maximum absolute atomic E-state index is 13.0. The fourth-order valence-corrected chi connectivity index (χ4v) is 2.51. The lowest BCUT2D eigenvalue weighted by Gasteiger charge is -2.11. The number of hydrogen-bond donors (Lipinski definition) is 1. The van der Waals surface area contributed by atoms with Crippen molar-refractivity contribution < 1.29 is 9.53 Å². The Morgan fingerprint density at radius 1 is 1.26 bits per heavy atom. The van der Waals surface area contributed by atoms with Crippen molar-refractivity contribution >= 4 is 17.6 Å². The van der Waals surface area contributed by atoms with Gasteiger partial charge in [-0.15, -0.1) is 0 Å². The van der Waals surface area contributed by atoms with Gasteiger partial charge in [-0.1, -0.05) is 23.8 Å². The second-order valence-electron chi connectivity index (χ2n) is 5.97. The minimum Gasteiger partial charge on any atom is -0.438 e. The Hall–Kier alpha value is -3.92. The molecule has 1 amide bonds. The molecule has 27 heavy (non-hydrogen) atoms. The first-order chi connectivity index (χ1) is 12.9. The fourth-order valence-electron chi connectivity index (χ4n) is 2.51. The standard InChI is InChI=1S/C20H16N4O3/c1-12-5-7-15(8-6-12)27-19-16(10-14(11-21)17(22)25)20(26)24-9-3-4-13(2)18(24)23-19/h3-10H,1-2H3,(H2,22,25)/b14-10+. The van der Waals surface area contributed by atoms with Gasteiger partial charge in [0, 0.05) is 6.20 Å². The Morgan fingerprint density at radius 2 is 1.96 bits per heavy atom. The van der Waals surface area contributed by atoms with E-state index in [1.54, 1.807) is 30.5 Å². The molecule has 2 aromatic heterocycles. The molecule has 134 valence electrons. The Balaban J connectivity index is 2.28. The molecule has 7 heteroatoms. The fraction of sp³-hybridized carbons (Fsp3) is 0.100. The first-order valence-corrected chi connectivity index (χ1v) is 8.09. The summed E-state index contributed by atoms with van der Waals surface area (Å²) in [7, 11) is 0. The topological polar surface area (TPSA) is 110 Å². The summed E-state index contributed by atoms with van der Waals surface area (Å²) in [6.07, 6.45) is 2.66. The molecule has 0 aliphatic rings. The minimum atomic E-state index is -0.937. The lowest BCUT2D eigenvalue weighted by Crippen LogP contribution is -2.20. The van der Waals surface area contributed by atoms with Gasteiger partial charge in [-0.05, 0) is 43.7 Å². The minimum absolute atomic E-state index is 0.00727. The molecule has 0 aliphatic heterocycles. The number of nitrogens with two attached hydrogens (primary N) is 1. The van der Waals surface area contributed by atoms with Crippen molar-refractivity contribution in [2.24, 2.45) is 5.73 Å². The van der Waals surface area contributed by atoms with E-state index in [0.29, 0.717) is 11.4 Å². The van der Waals surface area contributed by atoms with Crippen molar-refractivity contribution in [3.63, 3.8) is 0 Å². The first kappa shape index (κ1) is 17.9. The number of hydrogen-bond acceptors (Lipinski definition) is 5. The molecule has 0 bridgehead atoms. The molecular formula is C20H16N4O3. The number of aryl methyl sites for hydroxylation is 2. The molecule has 1 aromatic carbocycles. The van der Waals surface area contributed by atoms with E-state index in [9.17, 15) is 9.59 Å². The zero-order valence-corrected chi connectivity index (χ0v) is 14.8. The highest BCUT2D eigenvalue weighted by Gasteiger charge is 2.17. The van der Waals surface area contributed by atoms with Gasteiger partial charge in [0.1, 0.15) is 28.6 Å². The second-order valence-corrected chi connectivity index (χ2v) is 5.97. The molecule has 3 aromatic rings. The number of amides is 1. The van der Waals surface area contributed by atoms with Crippen LogP contribution in [0.2, 0.25) is 0 Å². The van der Waals surface area contributed by atoms with E-state index in [-0.39, 0.29) is 17.0 Å². The van der Waals surface area contributed by atoms with Gasteiger partial charge in [0.15, 0.2) is 0 Å². The van der Waals surface area contributed by atoms with Crippen LogP contribution in [0.25, 0.3) is 11.7 Å². The molecule has 0 saturated carbocycles. The molecule has 0 saturated heterocycles. The molecule has 0 fully saturated rings. The lowest BCUT2D eigenvalue weighted by atomic mass is 10.1. The Morgan fingerprint density at radius 3 is 2.59 bits per heavy atom. The monoisotopic (exact) mass is 360 g/mol. The first-order valence-electron chi connectivity index (χ1n) is 8.09. The third kappa shape index (κ3) is 3.55. The van der Waals surface area contributed by atoms with Gasteiger partial charge in [-0.25, -0.2) is 0 Å².